The molecule has 28 heavy (non-hydrogen) atoms. The van der Waals surface area contributed by atoms with Crippen LogP contribution in [0.25, 0.3) is 11.3 Å². The summed E-state index contributed by atoms with van der Waals surface area (Å²) in [4.78, 5) is 18.7. The average Bonchev–Trinajstić information content (AvgIpc) is 2.69. The maximum Gasteiger partial charge on any atom is 0.278 e. The van der Waals surface area contributed by atoms with Gasteiger partial charge >= 0.3 is 0 Å². The first-order valence-corrected chi connectivity index (χ1v) is 8.63. The SMILES string of the molecule is COc1ccc(Cn2cc(-c3cc(C(F)F)[nH]c(=S)n3)ccc2=O)cc1OC. The molecule has 0 amide bonds. The van der Waals surface area contributed by atoms with Gasteiger partial charge in [-0.1, -0.05) is 6.07 Å². The second kappa shape index (κ2) is 8.30. The number of alkyl halides is 2. The molecule has 0 aliphatic carbocycles. The summed E-state index contributed by atoms with van der Waals surface area (Å²) < 4.78 is 37.9. The molecule has 3 rings (SSSR count). The number of aromatic amines is 1. The lowest BCUT2D eigenvalue weighted by molar-refractivity contribution is 0.146. The highest BCUT2D eigenvalue weighted by Crippen LogP contribution is 2.28. The summed E-state index contributed by atoms with van der Waals surface area (Å²) in [7, 11) is 3.07. The Hall–Kier alpha value is -3.07. The summed E-state index contributed by atoms with van der Waals surface area (Å²) >= 11 is 4.93. The van der Waals surface area contributed by atoms with Crippen molar-refractivity contribution < 1.29 is 18.3 Å². The van der Waals surface area contributed by atoms with Crippen molar-refractivity contribution in [1.82, 2.24) is 14.5 Å². The minimum Gasteiger partial charge on any atom is -0.493 e. The molecule has 6 nitrogen and oxygen atoms in total. The quantitative estimate of drug-likeness (QED) is 0.629. The molecule has 2 aromatic heterocycles. The normalized spacial score (nSPS) is 10.9. The Morgan fingerprint density at radius 3 is 2.57 bits per heavy atom. The fraction of sp³-hybridized carbons (Fsp3) is 0.211. The van der Waals surface area contributed by atoms with Crippen LogP contribution in [0.2, 0.25) is 0 Å². The molecule has 9 heteroatoms. The fourth-order valence-electron chi connectivity index (χ4n) is 2.72. The number of aromatic nitrogens is 3. The van der Waals surface area contributed by atoms with Gasteiger partial charge in [0.2, 0.25) is 0 Å². The van der Waals surface area contributed by atoms with Crippen molar-refractivity contribution in [3.05, 3.63) is 69.0 Å². The smallest absolute Gasteiger partial charge is 0.278 e. The van der Waals surface area contributed by atoms with Gasteiger partial charge in [-0.15, -0.1) is 0 Å². The van der Waals surface area contributed by atoms with Crippen molar-refractivity contribution in [2.75, 3.05) is 14.2 Å². The molecule has 146 valence electrons. The number of benzene rings is 1. The largest absolute Gasteiger partial charge is 0.493 e. The molecule has 0 aliphatic rings. The predicted octanol–water partition coefficient (Wildman–Crippen LogP) is 3.97. The number of methoxy groups -OCH3 is 2. The molecule has 0 radical (unpaired) electrons. The summed E-state index contributed by atoms with van der Waals surface area (Å²) in [5, 5.41) is 0. The second-order valence-corrected chi connectivity index (χ2v) is 6.29. The monoisotopic (exact) mass is 405 g/mol. The van der Waals surface area contributed by atoms with Gasteiger partial charge in [-0.2, -0.15) is 0 Å². The molecule has 1 aromatic carbocycles. The molecule has 0 aliphatic heterocycles. The van der Waals surface area contributed by atoms with E-state index in [-0.39, 0.29) is 28.3 Å². The maximum absolute atomic E-state index is 13.0. The molecule has 0 bridgehead atoms. The van der Waals surface area contributed by atoms with Gasteiger partial charge in [-0.3, -0.25) is 4.79 Å². The number of pyridine rings is 1. The van der Waals surface area contributed by atoms with Crippen LogP contribution >= 0.6 is 12.2 Å². The Morgan fingerprint density at radius 2 is 1.89 bits per heavy atom. The Morgan fingerprint density at radius 1 is 1.14 bits per heavy atom. The third-order valence-electron chi connectivity index (χ3n) is 4.08. The van der Waals surface area contributed by atoms with Crippen molar-refractivity contribution in [3.63, 3.8) is 0 Å². The number of rotatable bonds is 6. The summed E-state index contributed by atoms with van der Waals surface area (Å²) in [5.41, 5.74) is 1.01. The summed E-state index contributed by atoms with van der Waals surface area (Å²) in [6.07, 6.45) is -1.15. The molecule has 0 spiro atoms. The van der Waals surface area contributed by atoms with Crippen LogP contribution in [0.1, 0.15) is 17.7 Å². The molecule has 1 N–H and O–H groups in total. The predicted molar refractivity (Wildman–Crippen MR) is 103 cm³/mol. The van der Waals surface area contributed by atoms with Gasteiger partial charge in [-0.05, 0) is 42.0 Å². The van der Waals surface area contributed by atoms with Gasteiger partial charge in [-0.25, -0.2) is 13.8 Å². The third kappa shape index (κ3) is 4.25. The van der Waals surface area contributed by atoms with Gasteiger partial charge in [0, 0.05) is 17.8 Å². The standard InChI is InChI=1S/C19H17F2N3O3S/c1-26-15-5-3-11(7-16(15)27-2)9-24-10-12(4-6-17(24)25)13-8-14(18(20)21)23-19(28)22-13/h3-8,10,18H,9H2,1-2H3,(H,22,23,28). The third-order valence-corrected chi connectivity index (χ3v) is 4.27. The zero-order chi connectivity index (χ0) is 20.3. The Balaban J connectivity index is 1.99. The summed E-state index contributed by atoms with van der Waals surface area (Å²) in [6, 6.07) is 9.44. The number of halogens is 2. The molecule has 0 atom stereocenters. The van der Waals surface area contributed by atoms with Gasteiger partial charge < -0.3 is 19.0 Å². The lowest BCUT2D eigenvalue weighted by Crippen LogP contribution is -2.19. The number of hydrogen-bond acceptors (Lipinski definition) is 5. The molecule has 0 saturated heterocycles. The molecule has 0 unspecified atom stereocenters. The highest BCUT2D eigenvalue weighted by atomic mass is 32.1. The molecule has 0 saturated carbocycles. The average molecular weight is 405 g/mol. The first-order chi connectivity index (χ1) is 13.4. The first kappa shape index (κ1) is 19.7. The Labute approximate surface area is 164 Å². The van der Waals surface area contributed by atoms with Crippen LogP contribution in [-0.2, 0) is 6.54 Å². The van der Waals surface area contributed by atoms with E-state index in [1.807, 2.05) is 6.07 Å². The van der Waals surface area contributed by atoms with Crippen molar-refractivity contribution in [3.8, 4) is 22.8 Å². The van der Waals surface area contributed by atoms with Crippen molar-refractivity contribution in [2.24, 2.45) is 0 Å². The minimum absolute atomic E-state index is 0.0505. The van der Waals surface area contributed by atoms with E-state index < -0.39 is 6.43 Å². The molecule has 2 heterocycles. The van der Waals surface area contributed by atoms with E-state index in [0.717, 1.165) is 5.56 Å². The van der Waals surface area contributed by atoms with Crippen molar-refractivity contribution >= 4 is 12.2 Å². The lowest BCUT2D eigenvalue weighted by atomic mass is 10.1. The van der Waals surface area contributed by atoms with E-state index in [0.29, 0.717) is 17.1 Å². The zero-order valence-corrected chi connectivity index (χ0v) is 15.9. The van der Waals surface area contributed by atoms with Gasteiger partial charge in [0.05, 0.1) is 32.2 Å². The Kier molecular flexibility index (Phi) is 5.84. The minimum atomic E-state index is -2.71. The van der Waals surface area contributed by atoms with E-state index in [9.17, 15) is 13.6 Å². The van der Waals surface area contributed by atoms with Gasteiger partial charge in [0.15, 0.2) is 16.3 Å². The van der Waals surface area contributed by atoms with Crippen LogP contribution in [0.4, 0.5) is 8.78 Å². The van der Waals surface area contributed by atoms with E-state index in [4.69, 9.17) is 21.7 Å². The van der Waals surface area contributed by atoms with E-state index in [1.54, 1.807) is 18.3 Å². The second-order valence-electron chi connectivity index (χ2n) is 5.90. The summed E-state index contributed by atoms with van der Waals surface area (Å²) in [6.45, 7) is 0.258. The number of nitrogens with one attached hydrogen (secondary N) is 1. The van der Waals surface area contributed by atoms with Crippen molar-refractivity contribution in [1.29, 1.82) is 0 Å². The zero-order valence-electron chi connectivity index (χ0n) is 15.1. The summed E-state index contributed by atoms with van der Waals surface area (Å²) in [5.74, 6) is 1.12. The van der Waals surface area contributed by atoms with Crippen LogP contribution in [0.5, 0.6) is 11.5 Å². The highest BCUT2D eigenvalue weighted by molar-refractivity contribution is 7.71. The number of H-pyrrole nitrogens is 1. The highest BCUT2D eigenvalue weighted by Gasteiger charge is 2.12. The van der Waals surface area contributed by atoms with Crippen LogP contribution in [0, 0.1) is 4.77 Å². The van der Waals surface area contributed by atoms with Crippen LogP contribution in [-0.4, -0.2) is 28.8 Å². The molecular formula is C19H17F2N3O3S. The van der Waals surface area contributed by atoms with Gasteiger partial charge in [0.25, 0.3) is 12.0 Å². The lowest BCUT2D eigenvalue weighted by Gasteiger charge is -2.12. The first-order valence-electron chi connectivity index (χ1n) is 8.22. The van der Waals surface area contributed by atoms with Gasteiger partial charge in [0.1, 0.15) is 0 Å². The van der Waals surface area contributed by atoms with Crippen molar-refractivity contribution in [2.45, 2.75) is 13.0 Å². The Bertz CT molecular complexity index is 1110. The number of nitrogens with zero attached hydrogens (tertiary/aromatic N) is 2. The molecular weight excluding hydrogens is 388 g/mol. The van der Waals surface area contributed by atoms with E-state index >= 15 is 0 Å². The van der Waals surface area contributed by atoms with E-state index in [1.165, 1.54) is 37.0 Å². The van der Waals surface area contributed by atoms with Crippen LogP contribution < -0.4 is 15.0 Å². The number of hydrogen-bond donors (Lipinski definition) is 1. The molecule has 0 fully saturated rings. The fourth-order valence-corrected chi connectivity index (χ4v) is 2.94. The topological polar surface area (TPSA) is 69.1 Å². The maximum atomic E-state index is 13.0. The number of ether oxygens (including phenoxy) is 2. The van der Waals surface area contributed by atoms with E-state index in [2.05, 4.69) is 9.97 Å². The molecule has 3 aromatic rings. The van der Waals surface area contributed by atoms with Crippen LogP contribution in [0.3, 0.4) is 0 Å². The van der Waals surface area contributed by atoms with Crippen LogP contribution in [0.15, 0.2) is 47.4 Å².